The predicted octanol–water partition coefficient (Wildman–Crippen LogP) is 2.15. The zero-order valence-corrected chi connectivity index (χ0v) is 10.2. The van der Waals surface area contributed by atoms with Crippen molar-refractivity contribution in [3.63, 3.8) is 0 Å². The van der Waals surface area contributed by atoms with Crippen LogP contribution in [-0.4, -0.2) is 30.6 Å². The van der Waals surface area contributed by atoms with Crippen molar-refractivity contribution in [3.8, 4) is 5.82 Å². The highest BCUT2D eigenvalue weighted by Crippen LogP contribution is 2.33. The van der Waals surface area contributed by atoms with E-state index in [9.17, 15) is 9.90 Å². The van der Waals surface area contributed by atoms with E-state index in [0.717, 1.165) is 19.3 Å². The van der Waals surface area contributed by atoms with E-state index in [1.54, 1.807) is 10.9 Å². The van der Waals surface area contributed by atoms with Crippen molar-refractivity contribution in [3.05, 3.63) is 29.2 Å². The smallest absolute Gasteiger partial charge is 0.341 e. The molecule has 6 nitrogen and oxygen atoms in total. The number of hydrogen-bond acceptors (Lipinski definition) is 3. The Hall–Kier alpha value is -1.82. The van der Waals surface area contributed by atoms with Gasteiger partial charge in [0.05, 0.1) is 29.7 Å². The Kier molecular flexibility index (Phi) is 2.59. The number of hydrogen-bond donors (Lipinski definition) is 1. The highest BCUT2D eigenvalue weighted by Gasteiger charge is 2.27. The van der Waals surface area contributed by atoms with Gasteiger partial charge >= 0.3 is 5.97 Å². The van der Waals surface area contributed by atoms with Gasteiger partial charge in [0.25, 0.3) is 0 Å². The molecule has 0 aromatic carbocycles. The minimum atomic E-state index is -1.01. The molecule has 1 fully saturated rings. The molecule has 7 heteroatoms. The van der Waals surface area contributed by atoms with E-state index in [1.165, 1.54) is 17.1 Å². The summed E-state index contributed by atoms with van der Waals surface area (Å²) in [5.41, 5.74) is 0.140. The van der Waals surface area contributed by atoms with Crippen molar-refractivity contribution in [2.24, 2.45) is 0 Å². The number of nitrogens with zero attached hydrogens (tertiary/aromatic N) is 4. The average molecular weight is 267 g/mol. The molecule has 3 rings (SSSR count). The van der Waals surface area contributed by atoms with Gasteiger partial charge in [0.15, 0.2) is 5.82 Å². The Morgan fingerprint density at radius 3 is 2.67 bits per heavy atom. The summed E-state index contributed by atoms with van der Waals surface area (Å²) in [6.45, 7) is 0. The summed E-state index contributed by atoms with van der Waals surface area (Å²) >= 11 is 5.83. The third-order valence-electron chi connectivity index (χ3n) is 3.19. The average Bonchev–Trinajstić information content (AvgIpc) is 2.81. The summed E-state index contributed by atoms with van der Waals surface area (Å²) in [5.74, 6) is -0.540. The fourth-order valence-corrected chi connectivity index (χ4v) is 2.19. The van der Waals surface area contributed by atoms with Crippen molar-refractivity contribution < 1.29 is 9.90 Å². The molecule has 2 aromatic heterocycles. The number of carboxylic acids is 1. The van der Waals surface area contributed by atoms with Crippen molar-refractivity contribution in [1.82, 2.24) is 19.6 Å². The van der Waals surface area contributed by atoms with Gasteiger partial charge in [-0.05, 0) is 19.3 Å². The molecular formula is C11H11ClN4O2. The van der Waals surface area contributed by atoms with Crippen LogP contribution in [0.2, 0.25) is 5.02 Å². The molecule has 2 aromatic rings. The zero-order valence-electron chi connectivity index (χ0n) is 9.45. The molecule has 0 radical (unpaired) electrons. The lowest BCUT2D eigenvalue weighted by Crippen LogP contribution is -2.22. The second kappa shape index (κ2) is 4.13. The fraction of sp³-hybridized carbons (Fsp3) is 0.364. The van der Waals surface area contributed by atoms with Gasteiger partial charge in [-0.1, -0.05) is 11.6 Å². The van der Waals surface area contributed by atoms with Crippen molar-refractivity contribution >= 4 is 17.6 Å². The third kappa shape index (κ3) is 1.69. The first-order chi connectivity index (χ1) is 8.66. The van der Waals surface area contributed by atoms with E-state index in [4.69, 9.17) is 11.6 Å². The maximum atomic E-state index is 11.2. The van der Waals surface area contributed by atoms with Crippen LogP contribution in [0.1, 0.15) is 35.7 Å². The molecule has 1 aliphatic carbocycles. The molecule has 0 bridgehead atoms. The molecule has 18 heavy (non-hydrogen) atoms. The van der Waals surface area contributed by atoms with Crippen LogP contribution in [0.5, 0.6) is 0 Å². The molecule has 0 unspecified atom stereocenters. The monoisotopic (exact) mass is 266 g/mol. The first kappa shape index (κ1) is 11.3. The second-order valence-electron chi connectivity index (χ2n) is 4.32. The lowest BCUT2D eigenvalue weighted by Gasteiger charge is -2.27. The van der Waals surface area contributed by atoms with E-state index >= 15 is 0 Å². The number of aromatic carboxylic acids is 1. The van der Waals surface area contributed by atoms with Gasteiger partial charge in [-0.3, -0.25) is 0 Å². The van der Waals surface area contributed by atoms with E-state index in [2.05, 4.69) is 10.2 Å². The van der Waals surface area contributed by atoms with Gasteiger partial charge < -0.3 is 5.11 Å². The second-order valence-corrected chi connectivity index (χ2v) is 4.76. The molecule has 0 saturated heterocycles. The largest absolute Gasteiger partial charge is 0.477 e. The maximum Gasteiger partial charge on any atom is 0.341 e. The zero-order chi connectivity index (χ0) is 12.7. The number of rotatable bonds is 3. The molecule has 2 heterocycles. The quantitative estimate of drug-likeness (QED) is 0.924. The Bertz CT molecular complexity index is 600. The maximum absolute atomic E-state index is 11.2. The van der Waals surface area contributed by atoms with Gasteiger partial charge in [-0.15, -0.1) is 0 Å². The molecule has 0 atom stereocenters. The van der Waals surface area contributed by atoms with Gasteiger partial charge in [-0.25, -0.2) is 14.2 Å². The molecule has 1 N–H and O–H groups in total. The molecule has 0 aliphatic heterocycles. The highest BCUT2D eigenvalue weighted by atomic mass is 35.5. The molecule has 0 amide bonds. The topological polar surface area (TPSA) is 72.9 Å². The van der Waals surface area contributed by atoms with Crippen LogP contribution in [0.15, 0.2) is 18.6 Å². The lowest BCUT2D eigenvalue weighted by molar-refractivity contribution is 0.0696. The summed E-state index contributed by atoms with van der Waals surface area (Å²) in [6.07, 6.45) is 7.61. The van der Waals surface area contributed by atoms with Crippen molar-refractivity contribution in [1.29, 1.82) is 0 Å². The number of halogens is 1. The van der Waals surface area contributed by atoms with E-state index in [1.807, 2.05) is 0 Å². The van der Waals surface area contributed by atoms with Gasteiger partial charge in [0.1, 0.15) is 5.56 Å². The predicted molar refractivity (Wildman–Crippen MR) is 64.2 cm³/mol. The van der Waals surface area contributed by atoms with Gasteiger partial charge in [0, 0.05) is 0 Å². The van der Waals surface area contributed by atoms with Crippen LogP contribution in [0.25, 0.3) is 5.82 Å². The molecule has 94 valence electrons. The molecule has 1 aliphatic rings. The Labute approximate surface area is 108 Å². The standard InChI is InChI=1S/C11H11ClN4O2/c12-7-4-13-15(6-7)10-9(11(17)18)5-14-16(10)8-2-1-3-8/h4-6,8H,1-3H2,(H,17,18). The first-order valence-corrected chi connectivity index (χ1v) is 6.06. The first-order valence-electron chi connectivity index (χ1n) is 5.68. The van der Waals surface area contributed by atoms with Crippen LogP contribution < -0.4 is 0 Å². The summed E-state index contributed by atoms with van der Waals surface area (Å²) in [4.78, 5) is 11.2. The third-order valence-corrected chi connectivity index (χ3v) is 3.38. The number of carboxylic acid groups (broad SMARTS) is 1. The molecule has 1 saturated carbocycles. The van der Waals surface area contributed by atoms with Gasteiger partial charge in [-0.2, -0.15) is 10.2 Å². The molecule has 0 spiro atoms. The summed E-state index contributed by atoms with van der Waals surface area (Å²) < 4.78 is 3.20. The normalized spacial score (nSPS) is 15.6. The van der Waals surface area contributed by atoms with Crippen LogP contribution in [0.3, 0.4) is 0 Å². The Morgan fingerprint density at radius 1 is 1.39 bits per heavy atom. The summed E-state index contributed by atoms with van der Waals surface area (Å²) in [5, 5.41) is 17.9. The number of carbonyl (C=O) groups is 1. The molecular weight excluding hydrogens is 256 g/mol. The lowest BCUT2D eigenvalue weighted by atomic mass is 9.93. The van der Waals surface area contributed by atoms with Crippen molar-refractivity contribution in [2.75, 3.05) is 0 Å². The Balaban J connectivity index is 2.13. The van der Waals surface area contributed by atoms with E-state index in [0.29, 0.717) is 10.8 Å². The van der Waals surface area contributed by atoms with E-state index in [-0.39, 0.29) is 11.6 Å². The van der Waals surface area contributed by atoms with Crippen LogP contribution in [-0.2, 0) is 0 Å². The minimum Gasteiger partial charge on any atom is -0.477 e. The van der Waals surface area contributed by atoms with E-state index < -0.39 is 5.97 Å². The Morgan fingerprint density at radius 2 is 2.17 bits per heavy atom. The SMILES string of the molecule is O=C(O)c1cnn(C2CCC2)c1-n1cc(Cl)cn1. The van der Waals surface area contributed by atoms with Crippen LogP contribution in [0, 0.1) is 0 Å². The van der Waals surface area contributed by atoms with Crippen LogP contribution >= 0.6 is 11.6 Å². The van der Waals surface area contributed by atoms with Gasteiger partial charge in [0.2, 0.25) is 0 Å². The summed E-state index contributed by atoms with van der Waals surface area (Å²) in [7, 11) is 0. The summed E-state index contributed by atoms with van der Waals surface area (Å²) in [6, 6.07) is 0.260. The van der Waals surface area contributed by atoms with Crippen molar-refractivity contribution in [2.45, 2.75) is 25.3 Å². The highest BCUT2D eigenvalue weighted by molar-refractivity contribution is 6.30. The van der Waals surface area contributed by atoms with Crippen LogP contribution in [0.4, 0.5) is 0 Å². The number of aromatic nitrogens is 4. The minimum absolute atomic E-state index is 0.140. The fourth-order valence-electron chi connectivity index (χ4n) is 2.05.